The summed E-state index contributed by atoms with van der Waals surface area (Å²) in [5.41, 5.74) is 1.27. The number of anilines is 1. The monoisotopic (exact) mass is 361 g/mol. The molecule has 2 aromatic carbocycles. The Hall–Kier alpha value is -2.34. The molecule has 0 aliphatic heterocycles. The minimum atomic E-state index is -0.302. The number of ketones is 1. The minimum absolute atomic E-state index is 0.0112. The van der Waals surface area contributed by atoms with Gasteiger partial charge in [-0.3, -0.25) is 9.59 Å². The van der Waals surface area contributed by atoms with Gasteiger partial charge in [0.05, 0.1) is 11.9 Å². The van der Waals surface area contributed by atoms with Crippen LogP contribution >= 0.6 is 11.8 Å². The number of carbonyl (C=O) groups is 2. The molecular weight excluding hydrogens is 341 g/mol. The molecule has 6 heteroatoms. The lowest BCUT2D eigenvalue weighted by Crippen LogP contribution is -2.23. The third kappa shape index (κ3) is 6.23. The van der Waals surface area contributed by atoms with Crippen LogP contribution in [0.4, 0.5) is 10.1 Å². The number of Topliss-reactive ketones (excluding diaryl/α,β-unsaturated/α-hetero) is 1. The van der Waals surface area contributed by atoms with Crippen LogP contribution in [-0.2, 0) is 4.79 Å². The van der Waals surface area contributed by atoms with Crippen molar-refractivity contribution in [3.8, 4) is 5.75 Å². The Morgan fingerprint density at radius 2 is 1.76 bits per heavy atom. The first-order valence-corrected chi connectivity index (χ1v) is 8.92. The van der Waals surface area contributed by atoms with Crippen LogP contribution in [-0.4, -0.2) is 29.3 Å². The number of hydrogen-bond acceptors (Lipinski definition) is 4. The largest absolute Gasteiger partial charge is 0.493 e. The van der Waals surface area contributed by atoms with Gasteiger partial charge in [0.15, 0.2) is 5.78 Å². The summed E-state index contributed by atoms with van der Waals surface area (Å²) in [7, 11) is 0. The number of rotatable bonds is 8. The maximum absolute atomic E-state index is 12.8. The van der Waals surface area contributed by atoms with Gasteiger partial charge in [-0.25, -0.2) is 4.39 Å². The van der Waals surface area contributed by atoms with Gasteiger partial charge in [0, 0.05) is 17.0 Å². The van der Waals surface area contributed by atoms with E-state index in [2.05, 4.69) is 5.32 Å². The number of nitrogens with one attached hydrogen (secondary N) is 1. The first-order valence-electron chi connectivity index (χ1n) is 7.87. The van der Waals surface area contributed by atoms with Crippen molar-refractivity contribution in [3.05, 3.63) is 59.9 Å². The Balaban J connectivity index is 1.72. The highest BCUT2D eigenvalue weighted by Gasteiger charge is 2.13. The van der Waals surface area contributed by atoms with Crippen molar-refractivity contribution in [2.24, 2.45) is 0 Å². The molecule has 1 amide bonds. The van der Waals surface area contributed by atoms with Crippen LogP contribution in [0.2, 0.25) is 0 Å². The van der Waals surface area contributed by atoms with E-state index in [1.165, 1.54) is 30.8 Å². The number of thioether (sulfide) groups is 1. The molecule has 0 unspecified atom stereocenters. The molecule has 1 atom stereocenters. The maximum Gasteiger partial charge on any atom is 0.237 e. The number of amides is 1. The van der Waals surface area contributed by atoms with Crippen molar-refractivity contribution in [3.63, 3.8) is 0 Å². The molecule has 0 aliphatic rings. The summed E-state index contributed by atoms with van der Waals surface area (Å²) in [5, 5.41) is 2.57. The predicted octanol–water partition coefficient (Wildman–Crippen LogP) is 4.17. The number of hydrogen-bond donors (Lipinski definition) is 1. The van der Waals surface area contributed by atoms with Gasteiger partial charge in [-0.1, -0.05) is 0 Å². The fraction of sp³-hybridized carbons (Fsp3) is 0.263. The second-order valence-electron chi connectivity index (χ2n) is 5.44. The summed E-state index contributed by atoms with van der Waals surface area (Å²) in [6.45, 7) is 3.75. The molecule has 0 radical (unpaired) electrons. The third-order valence-electron chi connectivity index (χ3n) is 3.46. The highest BCUT2D eigenvalue weighted by molar-refractivity contribution is 8.00. The van der Waals surface area contributed by atoms with Crippen LogP contribution in [0.25, 0.3) is 0 Å². The summed E-state index contributed by atoms with van der Waals surface area (Å²) in [6.07, 6.45) is 0. The normalized spacial score (nSPS) is 11.6. The molecule has 0 spiro atoms. The van der Waals surface area contributed by atoms with Gasteiger partial charge in [0.2, 0.25) is 5.91 Å². The third-order valence-corrected chi connectivity index (χ3v) is 4.58. The van der Waals surface area contributed by atoms with Crippen LogP contribution in [0.1, 0.15) is 24.2 Å². The zero-order valence-corrected chi connectivity index (χ0v) is 14.9. The van der Waals surface area contributed by atoms with E-state index in [9.17, 15) is 14.0 Å². The molecule has 4 nitrogen and oxygen atoms in total. The van der Waals surface area contributed by atoms with Crippen LogP contribution in [0.5, 0.6) is 5.75 Å². The molecule has 132 valence electrons. The topological polar surface area (TPSA) is 55.4 Å². The van der Waals surface area contributed by atoms with E-state index in [0.29, 0.717) is 29.4 Å². The highest BCUT2D eigenvalue weighted by Crippen LogP contribution is 2.16. The van der Waals surface area contributed by atoms with E-state index in [1.54, 1.807) is 36.4 Å². The highest BCUT2D eigenvalue weighted by atomic mass is 32.2. The van der Waals surface area contributed by atoms with E-state index < -0.39 is 0 Å². The smallest absolute Gasteiger partial charge is 0.237 e. The van der Waals surface area contributed by atoms with Gasteiger partial charge in [0.25, 0.3) is 0 Å². The molecule has 0 heterocycles. The van der Waals surface area contributed by atoms with Crippen molar-refractivity contribution in [2.75, 3.05) is 17.7 Å². The van der Waals surface area contributed by atoms with Gasteiger partial charge >= 0.3 is 0 Å². The lowest BCUT2D eigenvalue weighted by molar-refractivity contribution is -0.115. The Labute approximate surface area is 150 Å². The first kappa shape index (κ1) is 19.0. The van der Waals surface area contributed by atoms with Gasteiger partial charge in [-0.05, 0) is 62.4 Å². The molecule has 1 N–H and O–H groups in total. The molecular formula is C19H20FNO3S. The molecule has 25 heavy (non-hydrogen) atoms. The predicted molar refractivity (Wildman–Crippen MR) is 98.9 cm³/mol. The van der Waals surface area contributed by atoms with Crippen molar-refractivity contribution < 1.29 is 18.7 Å². The summed E-state index contributed by atoms with van der Waals surface area (Å²) in [4.78, 5) is 23.4. The molecule has 2 aromatic rings. The minimum Gasteiger partial charge on any atom is -0.493 e. The molecule has 0 saturated heterocycles. The van der Waals surface area contributed by atoms with Crippen LogP contribution < -0.4 is 10.1 Å². The SMILES string of the molecule is CC(=O)c1ccc(NC(=O)[C@@H](C)SCCOc2ccc(F)cc2)cc1. The second kappa shape index (κ2) is 9.22. The zero-order chi connectivity index (χ0) is 18.2. The number of carbonyl (C=O) groups excluding carboxylic acids is 2. The average molecular weight is 361 g/mol. The Morgan fingerprint density at radius 3 is 2.36 bits per heavy atom. The summed E-state index contributed by atoms with van der Waals surface area (Å²) in [6, 6.07) is 12.6. The first-order chi connectivity index (χ1) is 12.0. The maximum atomic E-state index is 12.8. The van der Waals surface area contributed by atoms with Gasteiger partial charge in [0.1, 0.15) is 11.6 Å². The van der Waals surface area contributed by atoms with E-state index in [1.807, 2.05) is 6.92 Å². The fourth-order valence-corrected chi connectivity index (χ4v) is 2.77. The van der Waals surface area contributed by atoms with E-state index in [-0.39, 0.29) is 22.8 Å². The Kier molecular flexibility index (Phi) is 7.01. The van der Waals surface area contributed by atoms with Crippen molar-refractivity contribution in [1.29, 1.82) is 0 Å². The molecule has 0 fully saturated rings. The fourth-order valence-electron chi connectivity index (χ4n) is 2.02. The van der Waals surface area contributed by atoms with Gasteiger partial charge in [-0.15, -0.1) is 11.8 Å². The molecule has 0 aromatic heterocycles. The molecule has 0 bridgehead atoms. The summed E-state index contributed by atoms with van der Waals surface area (Å²) in [5.74, 6) is 0.813. The molecule has 0 aliphatic carbocycles. The Morgan fingerprint density at radius 1 is 1.12 bits per heavy atom. The van der Waals surface area contributed by atoms with Crippen LogP contribution in [0, 0.1) is 5.82 Å². The van der Waals surface area contributed by atoms with Crippen LogP contribution in [0.15, 0.2) is 48.5 Å². The lowest BCUT2D eigenvalue weighted by atomic mass is 10.1. The molecule has 0 saturated carbocycles. The van der Waals surface area contributed by atoms with Crippen molar-refractivity contribution in [1.82, 2.24) is 0 Å². The molecule has 2 rings (SSSR count). The van der Waals surface area contributed by atoms with Crippen molar-refractivity contribution >= 4 is 29.1 Å². The second-order valence-corrected chi connectivity index (χ2v) is 6.89. The number of halogens is 1. The quantitative estimate of drug-likeness (QED) is 0.566. The summed E-state index contributed by atoms with van der Waals surface area (Å²) < 4.78 is 18.3. The van der Waals surface area contributed by atoms with Gasteiger partial charge < -0.3 is 10.1 Å². The van der Waals surface area contributed by atoms with E-state index >= 15 is 0 Å². The van der Waals surface area contributed by atoms with Crippen LogP contribution in [0.3, 0.4) is 0 Å². The number of ether oxygens (including phenoxy) is 1. The Bertz CT molecular complexity index is 716. The van der Waals surface area contributed by atoms with E-state index in [0.717, 1.165) is 0 Å². The lowest BCUT2D eigenvalue weighted by Gasteiger charge is -2.12. The van der Waals surface area contributed by atoms with E-state index in [4.69, 9.17) is 4.74 Å². The summed E-state index contributed by atoms with van der Waals surface area (Å²) >= 11 is 1.47. The number of benzene rings is 2. The standard InChI is InChI=1S/C19H20FNO3S/c1-13(22)15-3-7-17(8-4-15)21-19(23)14(2)25-12-11-24-18-9-5-16(20)6-10-18/h3-10,14H,11-12H2,1-2H3,(H,21,23)/t14-/m1/s1. The van der Waals surface area contributed by atoms with Gasteiger partial charge in [-0.2, -0.15) is 0 Å². The zero-order valence-electron chi connectivity index (χ0n) is 14.1. The average Bonchev–Trinajstić information content (AvgIpc) is 2.60. The van der Waals surface area contributed by atoms with Crippen molar-refractivity contribution in [2.45, 2.75) is 19.1 Å².